The smallest absolute Gasteiger partial charge is 0.318 e. The van der Waals surface area contributed by atoms with Gasteiger partial charge in [0.15, 0.2) is 0 Å². The molecular formula is C29H38N2O3. The molecule has 5 nitrogen and oxygen atoms in total. The van der Waals surface area contributed by atoms with E-state index in [2.05, 4.69) is 44.3 Å². The molecule has 2 atom stereocenters. The number of hydrogen-bond acceptors (Lipinski definition) is 4. The summed E-state index contributed by atoms with van der Waals surface area (Å²) in [7, 11) is 1.31. The minimum atomic E-state index is -0.934. The van der Waals surface area contributed by atoms with Gasteiger partial charge in [-0.05, 0) is 76.1 Å². The molecule has 2 aromatic carbocycles. The van der Waals surface area contributed by atoms with Crippen LogP contribution in [0.4, 0.5) is 0 Å². The predicted molar refractivity (Wildman–Crippen MR) is 139 cm³/mol. The van der Waals surface area contributed by atoms with Crippen LogP contribution in [-0.4, -0.2) is 30.7 Å². The first-order valence-electron chi connectivity index (χ1n) is 11.9. The van der Waals surface area contributed by atoms with Crippen LogP contribution in [0.2, 0.25) is 0 Å². The number of ether oxygens (including phenoxy) is 1. The first kappa shape index (κ1) is 27.0. The number of esters is 1. The van der Waals surface area contributed by atoms with Gasteiger partial charge < -0.3 is 10.1 Å². The lowest BCUT2D eigenvalue weighted by Crippen LogP contribution is -2.46. The number of allylic oxidation sites excluding steroid dienone is 2. The number of aryl methyl sites for hydroxylation is 2. The molecule has 0 heterocycles. The minimum absolute atomic E-state index is 0.278. The number of rotatable bonds is 10. The molecule has 0 aliphatic rings. The number of carbonyl (C=O) groups excluding carboxylic acids is 2. The zero-order valence-electron chi connectivity index (χ0n) is 21.6. The third-order valence-electron chi connectivity index (χ3n) is 6.14. The molecule has 0 aliphatic carbocycles. The summed E-state index contributed by atoms with van der Waals surface area (Å²) in [4.78, 5) is 30.8. The maximum Gasteiger partial charge on any atom is 0.318 e. The van der Waals surface area contributed by atoms with Crippen LogP contribution in [-0.2, 0) is 27.2 Å². The highest BCUT2D eigenvalue weighted by Crippen LogP contribution is 2.17. The van der Waals surface area contributed by atoms with Crippen molar-refractivity contribution in [2.75, 3.05) is 7.11 Å². The lowest BCUT2D eigenvalue weighted by Gasteiger charge is -2.23. The van der Waals surface area contributed by atoms with Crippen LogP contribution in [0.1, 0.15) is 56.4 Å². The fourth-order valence-corrected chi connectivity index (χ4v) is 3.85. The second-order valence-electron chi connectivity index (χ2n) is 9.00. The molecule has 0 radical (unpaired) electrons. The van der Waals surface area contributed by atoms with Gasteiger partial charge in [-0.2, -0.15) is 0 Å². The average Bonchev–Trinajstić information content (AvgIpc) is 2.82. The third kappa shape index (κ3) is 7.68. The molecule has 1 amide bonds. The Morgan fingerprint density at radius 1 is 0.941 bits per heavy atom. The summed E-state index contributed by atoms with van der Waals surface area (Å²) in [5.41, 5.74) is 7.40. The Hall–Kier alpha value is -3.21. The zero-order chi connectivity index (χ0) is 25.3. The monoisotopic (exact) mass is 462 g/mol. The summed E-state index contributed by atoms with van der Waals surface area (Å²) in [6.07, 6.45) is 1.67. The summed E-state index contributed by atoms with van der Waals surface area (Å²) < 4.78 is 4.97. The number of hydrogen-bond donors (Lipinski definition) is 1. The Labute approximate surface area is 204 Å². The number of carbonyl (C=O) groups is 2. The van der Waals surface area contributed by atoms with Gasteiger partial charge in [0.25, 0.3) is 0 Å². The van der Waals surface area contributed by atoms with Crippen LogP contribution in [0, 0.1) is 19.8 Å². The van der Waals surface area contributed by atoms with Gasteiger partial charge in [0.1, 0.15) is 5.92 Å². The molecule has 1 N–H and O–H groups in total. The standard InChI is InChI=1S/C29H38N2O3/c1-8-26(19(2)3)30-22(6)27(18-24-15-14-20(4)21(5)16-24)31-28(32)25(29(33)34-7)17-23-12-10-9-11-13-23/h9-16,25,27H,8,17-18H2,1-7H3,(H,31,32)/t25-,27-/m0/s1. The van der Waals surface area contributed by atoms with E-state index in [4.69, 9.17) is 9.73 Å². The molecule has 0 bridgehead atoms. The minimum Gasteiger partial charge on any atom is -0.468 e. The molecule has 34 heavy (non-hydrogen) atoms. The van der Waals surface area contributed by atoms with E-state index >= 15 is 0 Å². The van der Waals surface area contributed by atoms with Gasteiger partial charge in [-0.1, -0.05) is 61.0 Å². The molecule has 0 fully saturated rings. The summed E-state index contributed by atoms with van der Waals surface area (Å²) in [6, 6.07) is 15.5. The molecule has 0 saturated heterocycles. The number of aliphatic imine (C=N–C) groups is 1. The van der Waals surface area contributed by atoms with Crippen LogP contribution in [0.3, 0.4) is 0 Å². The van der Waals surface area contributed by atoms with Crippen molar-refractivity contribution in [2.45, 2.75) is 66.8 Å². The molecule has 0 aromatic heterocycles. The van der Waals surface area contributed by atoms with Crippen molar-refractivity contribution >= 4 is 17.6 Å². The van der Waals surface area contributed by atoms with Crippen molar-refractivity contribution < 1.29 is 14.3 Å². The second-order valence-corrected chi connectivity index (χ2v) is 9.00. The van der Waals surface area contributed by atoms with Gasteiger partial charge in [0, 0.05) is 11.4 Å². The lowest BCUT2D eigenvalue weighted by atomic mass is 9.95. The zero-order valence-corrected chi connectivity index (χ0v) is 21.6. The van der Waals surface area contributed by atoms with Crippen molar-refractivity contribution in [3.8, 4) is 0 Å². The molecule has 0 spiro atoms. The molecule has 5 heteroatoms. The first-order valence-corrected chi connectivity index (χ1v) is 11.9. The number of methoxy groups -OCH3 is 1. The van der Waals surface area contributed by atoms with Gasteiger partial charge >= 0.3 is 5.97 Å². The summed E-state index contributed by atoms with van der Waals surface area (Å²) in [6.45, 7) is 12.3. The molecule has 0 saturated carbocycles. The van der Waals surface area contributed by atoms with Crippen LogP contribution in [0.25, 0.3) is 0 Å². The number of benzene rings is 2. The van der Waals surface area contributed by atoms with Crippen LogP contribution < -0.4 is 5.32 Å². The van der Waals surface area contributed by atoms with E-state index in [9.17, 15) is 9.59 Å². The molecule has 2 rings (SSSR count). The van der Waals surface area contributed by atoms with E-state index in [1.165, 1.54) is 18.2 Å². The van der Waals surface area contributed by atoms with Crippen molar-refractivity contribution in [3.05, 3.63) is 82.1 Å². The van der Waals surface area contributed by atoms with Crippen molar-refractivity contribution in [1.29, 1.82) is 0 Å². The summed E-state index contributed by atoms with van der Waals surface area (Å²) in [5.74, 6) is -1.83. The third-order valence-corrected chi connectivity index (χ3v) is 6.14. The van der Waals surface area contributed by atoms with Crippen molar-refractivity contribution in [2.24, 2.45) is 10.9 Å². The number of amides is 1. The SMILES string of the molecule is CCC(N=C(C)[C@H](Cc1ccc(C)c(C)c1)NC(=O)[C@H](Cc1ccccc1)C(=O)OC)=C(C)C. The van der Waals surface area contributed by atoms with Crippen LogP contribution >= 0.6 is 0 Å². The van der Waals surface area contributed by atoms with Gasteiger partial charge in [-0.25, -0.2) is 0 Å². The fourth-order valence-electron chi connectivity index (χ4n) is 3.85. The fraction of sp³-hybridized carbons (Fsp3) is 0.414. The predicted octanol–water partition coefficient (Wildman–Crippen LogP) is 5.53. The summed E-state index contributed by atoms with van der Waals surface area (Å²) >= 11 is 0. The molecule has 182 valence electrons. The molecular weight excluding hydrogens is 424 g/mol. The Balaban J connectivity index is 2.38. The maximum absolute atomic E-state index is 13.4. The first-order chi connectivity index (χ1) is 16.2. The van der Waals surface area contributed by atoms with Crippen molar-refractivity contribution in [3.63, 3.8) is 0 Å². The molecule has 0 aliphatic heterocycles. The normalized spacial score (nSPS) is 13.1. The second kappa shape index (κ2) is 12.9. The van der Waals surface area contributed by atoms with Crippen LogP contribution in [0.5, 0.6) is 0 Å². The van der Waals surface area contributed by atoms with Gasteiger partial charge in [0.05, 0.1) is 13.2 Å². The summed E-state index contributed by atoms with van der Waals surface area (Å²) in [5, 5.41) is 3.11. The Bertz CT molecular complexity index is 1050. The van der Waals surface area contributed by atoms with Crippen molar-refractivity contribution in [1.82, 2.24) is 5.32 Å². The van der Waals surface area contributed by atoms with Gasteiger partial charge in [0.2, 0.25) is 5.91 Å². The van der Waals surface area contributed by atoms with E-state index in [1.807, 2.05) is 51.1 Å². The van der Waals surface area contributed by atoms with E-state index in [0.29, 0.717) is 6.42 Å². The van der Waals surface area contributed by atoms with E-state index in [1.54, 1.807) is 0 Å². The largest absolute Gasteiger partial charge is 0.468 e. The molecule has 0 unspecified atom stereocenters. The quantitative estimate of drug-likeness (QED) is 0.287. The average molecular weight is 463 g/mol. The Morgan fingerprint density at radius 2 is 1.62 bits per heavy atom. The highest BCUT2D eigenvalue weighted by atomic mass is 16.5. The van der Waals surface area contributed by atoms with Crippen LogP contribution in [0.15, 0.2) is 64.8 Å². The Morgan fingerprint density at radius 3 is 2.18 bits per heavy atom. The number of nitrogens with zero attached hydrogens (tertiary/aromatic N) is 1. The van der Waals surface area contributed by atoms with E-state index < -0.39 is 11.9 Å². The molecule has 2 aromatic rings. The topological polar surface area (TPSA) is 67.8 Å². The number of nitrogens with one attached hydrogen (secondary N) is 1. The highest BCUT2D eigenvalue weighted by molar-refractivity contribution is 6.00. The highest BCUT2D eigenvalue weighted by Gasteiger charge is 2.30. The van der Waals surface area contributed by atoms with E-state index in [0.717, 1.165) is 34.5 Å². The van der Waals surface area contributed by atoms with Gasteiger partial charge in [-0.3, -0.25) is 14.6 Å². The van der Waals surface area contributed by atoms with E-state index in [-0.39, 0.29) is 18.4 Å². The lowest BCUT2D eigenvalue weighted by molar-refractivity contribution is -0.150. The van der Waals surface area contributed by atoms with Gasteiger partial charge in [-0.15, -0.1) is 0 Å². The maximum atomic E-state index is 13.4. The Kier molecular flexibility index (Phi) is 10.2.